The first-order valence-electron chi connectivity index (χ1n) is 9.65. The molecular weight excluding hydrogens is 481 g/mol. The van der Waals surface area contributed by atoms with Crippen molar-refractivity contribution in [1.29, 1.82) is 0 Å². The molecule has 4 heterocycles. The Morgan fingerprint density at radius 1 is 1.25 bits per heavy atom. The van der Waals surface area contributed by atoms with Crippen LogP contribution >= 0.6 is 23.2 Å². The Bertz CT molecular complexity index is 1200. The van der Waals surface area contributed by atoms with Crippen LogP contribution in [0.2, 0.25) is 10.2 Å². The van der Waals surface area contributed by atoms with Gasteiger partial charge in [-0.05, 0) is 13.0 Å². The van der Waals surface area contributed by atoms with Gasteiger partial charge < -0.3 is 9.47 Å². The van der Waals surface area contributed by atoms with Gasteiger partial charge in [-0.25, -0.2) is 23.4 Å². The van der Waals surface area contributed by atoms with Crippen LogP contribution in [-0.2, 0) is 21.2 Å². The summed E-state index contributed by atoms with van der Waals surface area (Å²) in [6.07, 6.45) is 4.45. The van der Waals surface area contributed by atoms with E-state index in [1.165, 1.54) is 18.6 Å². The van der Waals surface area contributed by atoms with E-state index in [2.05, 4.69) is 29.9 Å². The van der Waals surface area contributed by atoms with Gasteiger partial charge in [0.1, 0.15) is 12.4 Å². The number of aryl methyl sites for hydroxylation is 1. The van der Waals surface area contributed by atoms with E-state index in [4.69, 9.17) is 32.7 Å². The van der Waals surface area contributed by atoms with Crippen LogP contribution in [0.3, 0.4) is 0 Å². The van der Waals surface area contributed by atoms with Gasteiger partial charge in [0.2, 0.25) is 16.0 Å². The zero-order valence-corrected chi connectivity index (χ0v) is 19.2. The number of sulfonamides is 1. The molecule has 0 radical (unpaired) electrons. The number of anilines is 1. The highest BCUT2D eigenvalue weighted by atomic mass is 35.5. The Hall–Kier alpha value is -2.54. The summed E-state index contributed by atoms with van der Waals surface area (Å²) < 4.78 is 41.1. The number of fused-ring (bicyclic) bond motifs is 3. The number of halogens is 2. The van der Waals surface area contributed by atoms with Gasteiger partial charge in [-0.15, -0.1) is 10.2 Å². The molecule has 0 saturated heterocycles. The molecule has 0 aliphatic carbocycles. The predicted molar refractivity (Wildman–Crippen MR) is 117 cm³/mol. The lowest BCUT2D eigenvalue weighted by Crippen LogP contribution is -2.26. The molecule has 0 spiro atoms. The Balaban J connectivity index is 1.63. The van der Waals surface area contributed by atoms with Crippen molar-refractivity contribution < 1.29 is 17.9 Å². The lowest BCUT2D eigenvalue weighted by atomic mass is 10.2. The summed E-state index contributed by atoms with van der Waals surface area (Å²) in [5.41, 5.74) is 0.552. The van der Waals surface area contributed by atoms with Crippen molar-refractivity contribution in [3.63, 3.8) is 0 Å². The molecule has 0 unspecified atom stereocenters. The summed E-state index contributed by atoms with van der Waals surface area (Å²) in [4.78, 5) is 12.1. The standard InChI is InChI=1S/C18H19Cl2N7O4S/c1-2-30-9-12-10-31-15-13(3-5-21-16(15)20)17-24-25-18(27(12)17)26-32(28,29)6-4-14-22-7-11(19)8-23-14/h3,5,7-8,12H,2,4,6,9-10H2,1H3,(H,25,26)/t12-/m1/s1. The summed E-state index contributed by atoms with van der Waals surface area (Å²) in [6, 6.07) is 1.28. The molecular formula is C18H19Cl2N7O4S. The molecule has 3 aromatic heterocycles. The number of pyridine rings is 1. The molecule has 0 fully saturated rings. The monoisotopic (exact) mass is 499 g/mol. The fraction of sp³-hybridized carbons (Fsp3) is 0.389. The van der Waals surface area contributed by atoms with Gasteiger partial charge in [0.05, 0.1) is 29.0 Å². The molecule has 1 aliphatic rings. The van der Waals surface area contributed by atoms with Gasteiger partial charge >= 0.3 is 0 Å². The Morgan fingerprint density at radius 3 is 2.78 bits per heavy atom. The minimum atomic E-state index is -3.79. The van der Waals surface area contributed by atoms with Crippen LogP contribution in [0.4, 0.5) is 5.95 Å². The summed E-state index contributed by atoms with van der Waals surface area (Å²) in [5, 5.41) is 8.83. The Labute approximate surface area is 194 Å². The molecule has 1 atom stereocenters. The average Bonchev–Trinajstić information content (AvgIpc) is 3.08. The van der Waals surface area contributed by atoms with Gasteiger partial charge in [0.25, 0.3) is 0 Å². The lowest BCUT2D eigenvalue weighted by Gasteiger charge is -2.19. The Kier molecular flexibility index (Phi) is 6.74. The zero-order valence-electron chi connectivity index (χ0n) is 16.9. The van der Waals surface area contributed by atoms with Crippen LogP contribution in [-0.4, -0.2) is 63.7 Å². The van der Waals surface area contributed by atoms with Crippen molar-refractivity contribution in [3.8, 4) is 17.1 Å². The first-order valence-corrected chi connectivity index (χ1v) is 12.1. The van der Waals surface area contributed by atoms with Crippen molar-refractivity contribution in [2.24, 2.45) is 0 Å². The van der Waals surface area contributed by atoms with E-state index in [9.17, 15) is 8.42 Å². The fourth-order valence-corrected chi connectivity index (χ4v) is 4.42. The topological polar surface area (TPSA) is 134 Å². The third-order valence-electron chi connectivity index (χ3n) is 4.61. The van der Waals surface area contributed by atoms with Crippen LogP contribution in [0, 0.1) is 0 Å². The number of ether oxygens (including phenoxy) is 2. The molecule has 0 bridgehead atoms. The third kappa shape index (κ3) is 4.93. The van der Waals surface area contributed by atoms with Crippen LogP contribution < -0.4 is 9.46 Å². The molecule has 170 valence electrons. The number of nitrogens with zero attached hydrogens (tertiary/aromatic N) is 6. The van der Waals surface area contributed by atoms with Crippen molar-refractivity contribution in [3.05, 3.63) is 40.7 Å². The summed E-state index contributed by atoms with van der Waals surface area (Å²) in [7, 11) is -3.79. The van der Waals surface area contributed by atoms with Gasteiger partial charge in [-0.1, -0.05) is 23.2 Å². The first-order chi connectivity index (χ1) is 15.4. The van der Waals surface area contributed by atoms with E-state index in [-0.39, 0.29) is 36.5 Å². The largest absolute Gasteiger partial charge is 0.487 e. The summed E-state index contributed by atoms with van der Waals surface area (Å²) >= 11 is 12.0. The molecule has 3 aromatic rings. The maximum Gasteiger partial charge on any atom is 0.239 e. The zero-order chi connectivity index (χ0) is 22.7. The van der Waals surface area contributed by atoms with Crippen LogP contribution in [0.25, 0.3) is 11.4 Å². The second-order valence-corrected chi connectivity index (χ2v) is 9.44. The number of hydrogen-bond donors (Lipinski definition) is 1. The van der Waals surface area contributed by atoms with Crippen molar-refractivity contribution in [1.82, 2.24) is 29.7 Å². The predicted octanol–water partition coefficient (Wildman–Crippen LogP) is 2.39. The normalized spacial score (nSPS) is 15.4. The van der Waals surface area contributed by atoms with E-state index in [1.54, 1.807) is 10.6 Å². The van der Waals surface area contributed by atoms with Gasteiger partial charge in [0, 0.05) is 31.6 Å². The minimum Gasteiger partial charge on any atom is -0.487 e. The van der Waals surface area contributed by atoms with Gasteiger partial charge in [0.15, 0.2) is 16.7 Å². The van der Waals surface area contributed by atoms with E-state index < -0.39 is 16.1 Å². The molecule has 1 aliphatic heterocycles. The minimum absolute atomic E-state index is 0.0473. The second-order valence-electron chi connectivity index (χ2n) is 6.81. The highest BCUT2D eigenvalue weighted by Gasteiger charge is 2.30. The molecule has 4 rings (SSSR count). The molecule has 14 heteroatoms. The molecule has 0 aromatic carbocycles. The summed E-state index contributed by atoms with van der Waals surface area (Å²) in [6.45, 7) is 2.76. The molecule has 0 amide bonds. The van der Waals surface area contributed by atoms with Crippen LogP contribution in [0.1, 0.15) is 18.8 Å². The van der Waals surface area contributed by atoms with E-state index in [0.717, 1.165) is 0 Å². The average molecular weight is 500 g/mol. The van der Waals surface area contributed by atoms with E-state index >= 15 is 0 Å². The molecule has 0 saturated carbocycles. The smallest absolute Gasteiger partial charge is 0.239 e. The number of aromatic nitrogens is 6. The number of hydrogen-bond acceptors (Lipinski definition) is 9. The van der Waals surface area contributed by atoms with Crippen molar-refractivity contribution in [2.45, 2.75) is 19.4 Å². The Morgan fingerprint density at radius 2 is 2.03 bits per heavy atom. The van der Waals surface area contributed by atoms with Crippen molar-refractivity contribution >= 4 is 39.2 Å². The molecule has 32 heavy (non-hydrogen) atoms. The van der Waals surface area contributed by atoms with Crippen molar-refractivity contribution in [2.75, 3.05) is 30.3 Å². The maximum atomic E-state index is 12.8. The fourth-order valence-electron chi connectivity index (χ4n) is 3.14. The highest BCUT2D eigenvalue weighted by molar-refractivity contribution is 7.92. The number of nitrogens with one attached hydrogen (secondary N) is 1. The van der Waals surface area contributed by atoms with Crippen LogP contribution in [0.15, 0.2) is 24.7 Å². The van der Waals surface area contributed by atoms with E-state index in [0.29, 0.717) is 34.6 Å². The van der Waals surface area contributed by atoms with Crippen LogP contribution in [0.5, 0.6) is 5.75 Å². The summed E-state index contributed by atoms with van der Waals surface area (Å²) in [5.74, 6) is 0.904. The molecule has 1 N–H and O–H groups in total. The highest BCUT2D eigenvalue weighted by Crippen LogP contribution is 2.39. The number of rotatable bonds is 8. The van der Waals surface area contributed by atoms with E-state index in [1.807, 2.05) is 6.92 Å². The maximum absolute atomic E-state index is 12.8. The molecule has 11 nitrogen and oxygen atoms in total. The first kappa shape index (κ1) is 22.6. The lowest BCUT2D eigenvalue weighted by molar-refractivity contribution is 0.0937. The SMILES string of the molecule is CCOC[C@@H]1COc2c(ccnc2Cl)-c2nnc(NS(=O)(=O)CCc3ncc(Cl)cn3)n21. The quantitative estimate of drug-likeness (QED) is 0.463. The van der Waals surface area contributed by atoms with Gasteiger partial charge in [-0.3, -0.25) is 9.29 Å². The third-order valence-corrected chi connectivity index (χ3v) is 6.31. The second kappa shape index (κ2) is 9.53. The van der Waals surface area contributed by atoms with Gasteiger partial charge in [-0.2, -0.15) is 0 Å².